The first-order valence-corrected chi connectivity index (χ1v) is 8.00. The van der Waals surface area contributed by atoms with E-state index in [1.807, 2.05) is 0 Å². The fourth-order valence-electron chi connectivity index (χ4n) is 3.41. The van der Waals surface area contributed by atoms with Crippen molar-refractivity contribution < 1.29 is 0 Å². The zero-order valence-electron chi connectivity index (χ0n) is 13.4. The molecule has 0 spiro atoms. The molecule has 0 aromatic heterocycles. The number of aryl methyl sites for hydroxylation is 3. The monoisotopic (exact) mass is 279 g/mol. The van der Waals surface area contributed by atoms with Crippen LogP contribution in [0.1, 0.15) is 46.7 Å². The standard InChI is InChI=1S/C20H25N/c1-15-6-4-7-19(12-15)20-8-5-11-21(20)14-18-10-9-16(2)17(3)13-18/h4,6-7,9-10,12-13,20H,5,8,11,14H2,1-3H3/t20-/m1/s1. The number of hydrogen-bond donors (Lipinski definition) is 0. The van der Waals surface area contributed by atoms with Crippen molar-refractivity contribution in [1.82, 2.24) is 4.90 Å². The summed E-state index contributed by atoms with van der Waals surface area (Å²) in [6.07, 6.45) is 2.59. The Balaban J connectivity index is 1.79. The molecule has 1 heterocycles. The Kier molecular flexibility index (Phi) is 4.12. The number of likely N-dealkylation sites (tertiary alicyclic amines) is 1. The second-order valence-corrected chi connectivity index (χ2v) is 6.46. The van der Waals surface area contributed by atoms with Crippen molar-refractivity contribution in [3.05, 3.63) is 70.3 Å². The van der Waals surface area contributed by atoms with Crippen molar-refractivity contribution in [3.8, 4) is 0 Å². The molecular weight excluding hydrogens is 254 g/mol. The van der Waals surface area contributed by atoms with Crippen LogP contribution in [0.4, 0.5) is 0 Å². The molecule has 2 aromatic rings. The van der Waals surface area contributed by atoms with Gasteiger partial charge in [0.1, 0.15) is 0 Å². The van der Waals surface area contributed by atoms with Gasteiger partial charge in [0.2, 0.25) is 0 Å². The van der Waals surface area contributed by atoms with E-state index in [4.69, 9.17) is 0 Å². The van der Waals surface area contributed by atoms with Gasteiger partial charge in [-0.1, -0.05) is 48.0 Å². The van der Waals surface area contributed by atoms with Crippen molar-refractivity contribution in [3.63, 3.8) is 0 Å². The summed E-state index contributed by atoms with van der Waals surface area (Å²) in [6.45, 7) is 8.86. The topological polar surface area (TPSA) is 3.24 Å². The Morgan fingerprint density at radius 1 is 1.00 bits per heavy atom. The van der Waals surface area contributed by atoms with Gasteiger partial charge in [0.05, 0.1) is 0 Å². The molecular formula is C20H25N. The van der Waals surface area contributed by atoms with Crippen LogP contribution in [0.2, 0.25) is 0 Å². The molecule has 0 saturated carbocycles. The van der Waals surface area contributed by atoms with Crippen LogP contribution in [0.15, 0.2) is 42.5 Å². The van der Waals surface area contributed by atoms with Gasteiger partial charge in [-0.15, -0.1) is 0 Å². The Bertz CT molecular complexity index is 629. The smallest absolute Gasteiger partial charge is 0.0352 e. The molecule has 3 rings (SSSR count). The minimum atomic E-state index is 0.589. The molecule has 0 amide bonds. The molecule has 1 heteroatoms. The maximum absolute atomic E-state index is 2.64. The van der Waals surface area contributed by atoms with Gasteiger partial charge in [0, 0.05) is 12.6 Å². The van der Waals surface area contributed by atoms with Crippen molar-refractivity contribution in [2.45, 2.75) is 46.2 Å². The van der Waals surface area contributed by atoms with Crippen LogP contribution in [0.25, 0.3) is 0 Å². The summed E-state index contributed by atoms with van der Waals surface area (Å²) in [7, 11) is 0. The van der Waals surface area contributed by atoms with Gasteiger partial charge < -0.3 is 0 Å². The van der Waals surface area contributed by atoms with E-state index in [0.717, 1.165) is 6.54 Å². The third-order valence-electron chi connectivity index (χ3n) is 4.75. The quantitative estimate of drug-likeness (QED) is 0.768. The fourth-order valence-corrected chi connectivity index (χ4v) is 3.41. The molecule has 1 aliphatic rings. The molecule has 1 aliphatic heterocycles. The summed E-state index contributed by atoms with van der Waals surface area (Å²) >= 11 is 0. The predicted octanol–water partition coefficient (Wildman–Crippen LogP) is 4.95. The normalized spacial score (nSPS) is 19.1. The van der Waals surface area contributed by atoms with E-state index in [0.29, 0.717) is 6.04 Å². The zero-order chi connectivity index (χ0) is 14.8. The van der Waals surface area contributed by atoms with E-state index in [9.17, 15) is 0 Å². The molecule has 21 heavy (non-hydrogen) atoms. The van der Waals surface area contributed by atoms with Gasteiger partial charge in [0.15, 0.2) is 0 Å². The van der Waals surface area contributed by atoms with E-state index >= 15 is 0 Å². The molecule has 110 valence electrons. The molecule has 1 fully saturated rings. The second-order valence-electron chi connectivity index (χ2n) is 6.46. The number of benzene rings is 2. The van der Waals surface area contributed by atoms with Crippen LogP contribution in [-0.4, -0.2) is 11.4 Å². The van der Waals surface area contributed by atoms with Crippen molar-refractivity contribution in [2.75, 3.05) is 6.54 Å². The lowest BCUT2D eigenvalue weighted by Crippen LogP contribution is -2.22. The molecule has 0 aliphatic carbocycles. The number of rotatable bonds is 3. The fraction of sp³-hybridized carbons (Fsp3) is 0.400. The first-order chi connectivity index (χ1) is 10.1. The van der Waals surface area contributed by atoms with E-state index in [1.54, 1.807) is 0 Å². The largest absolute Gasteiger partial charge is 0.292 e. The van der Waals surface area contributed by atoms with Crippen LogP contribution in [0.5, 0.6) is 0 Å². The van der Waals surface area contributed by atoms with Gasteiger partial charge in [-0.3, -0.25) is 4.90 Å². The highest BCUT2D eigenvalue weighted by Gasteiger charge is 2.25. The van der Waals surface area contributed by atoms with Crippen LogP contribution in [0.3, 0.4) is 0 Å². The molecule has 0 bridgehead atoms. The Morgan fingerprint density at radius 2 is 1.86 bits per heavy atom. The first kappa shape index (κ1) is 14.3. The van der Waals surface area contributed by atoms with Crippen LogP contribution >= 0.6 is 0 Å². The van der Waals surface area contributed by atoms with Crippen molar-refractivity contribution in [2.24, 2.45) is 0 Å². The zero-order valence-corrected chi connectivity index (χ0v) is 13.4. The molecule has 0 unspecified atom stereocenters. The highest BCUT2D eigenvalue weighted by atomic mass is 15.2. The molecule has 0 N–H and O–H groups in total. The van der Waals surface area contributed by atoms with Crippen LogP contribution < -0.4 is 0 Å². The maximum atomic E-state index is 2.64. The SMILES string of the molecule is Cc1cccc([C@H]2CCCN2Cc2ccc(C)c(C)c2)c1. The number of nitrogens with zero attached hydrogens (tertiary/aromatic N) is 1. The Labute approximate surface area is 128 Å². The van der Waals surface area contributed by atoms with E-state index in [2.05, 4.69) is 68.1 Å². The van der Waals surface area contributed by atoms with E-state index < -0.39 is 0 Å². The summed E-state index contributed by atoms with van der Waals surface area (Å²) < 4.78 is 0. The molecule has 1 saturated heterocycles. The summed E-state index contributed by atoms with van der Waals surface area (Å²) in [4.78, 5) is 2.64. The predicted molar refractivity (Wildman–Crippen MR) is 89.5 cm³/mol. The lowest BCUT2D eigenvalue weighted by molar-refractivity contribution is 0.248. The molecule has 2 aromatic carbocycles. The van der Waals surface area contributed by atoms with Gasteiger partial charge in [-0.2, -0.15) is 0 Å². The minimum absolute atomic E-state index is 0.589. The summed E-state index contributed by atoms with van der Waals surface area (Å²) in [5.74, 6) is 0. The molecule has 1 atom stereocenters. The summed E-state index contributed by atoms with van der Waals surface area (Å²) in [5, 5.41) is 0. The second kappa shape index (κ2) is 6.03. The average Bonchev–Trinajstić information content (AvgIpc) is 2.91. The summed E-state index contributed by atoms with van der Waals surface area (Å²) in [6, 6.07) is 16.5. The highest BCUT2D eigenvalue weighted by Crippen LogP contribution is 2.33. The van der Waals surface area contributed by atoms with Crippen molar-refractivity contribution in [1.29, 1.82) is 0 Å². The first-order valence-electron chi connectivity index (χ1n) is 8.00. The summed E-state index contributed by atoms with van der Waals surface area (Å²) in [5.41, 5.74) is 7.08. The average molecular weight is 279 g/mol. The van der Waals surface area contributed by atoms with E-state index in [-0.39, 0.29) is 0 Å². The maximum Gasteiger partial charge on any atom is 0.0352 e. The van der Waals surface area contributed by atoms with Gasteiger partial charge in [-0.25, -0.2) is 0 Å². The van der Waals surface area contributed by atoms with Gasteiger partial charge in [0.25, 0.3) is 0 Å². The van der Waals surface area contributed by atoms with Crippen LogP contribution in [0, 0.1) is 20.8 Å². The minimum Gasteiger partial charge on any atom is -0.292 e. The van der Waals surface area contributed by atoms with Gasteiger partial charge in [-0.05, 0) is 62.4 Å². The van der Waals surface area contributed by atoms with E-state index in [1.165, 1.54) is 47.2 Å². The Morgan fingerprint density at radius 3 is 2.62 bits per heavy atom. The third-order valence-corrected chi connectivity index (χ3v) is 4.75. The van der Waals surface area contributed by atoms with Crippen LogP contribution in [-0.2, 0) is 6.54 Å². The molecule has 1 nitrogen and oxygen atoms in total. The third kappa shape index (κ3) is 3.19. The lowest BCUT2D eigenvalue weighted by atomic mass is 10.0. The Hall–Kier alpha value is -1.60. The lowest BCUT2D eigenvalue weighted by Gasteiger charge is -2.25. The van der Waals surface area contributed by atoms with Crippen molar-refractivity contribution >= 4 is 0 Å². The van der Waals surface area contributed by atoms with Gasteiger partial charge >= 0.3 is 0 Å². The highest BCUT2D eigenvalue weighted by molar-refractivity contribution is 5.31. The molecule has 0 radical (unpaired) electrons. The number of hydrogen-bond acceptors (Lipinski definition) is 1.